The minimum absolute atomic E-state index is 0.306. The van der Waals surface area contributed by atoms with Crippen molar-refractivity contribution in [3.8, 4) is 5.75 Å². The number of benzene rings is 2. The fourth-order valence-electron chi connectivity index (χ4n) is 3.01. The second kappa shape index (κ2) is 6.65. The molecule has 6 heteroatoms. The third-order valence-electron chi connectivity index (χ3n) is 4.44. The van der Waals surface area contributed by atoms with Gasteiger partial charge in [-0.05, 0) is 42.7 Å². The van der Waals surface area contributed by atoms with Crippen LogP contribution in [0, 0.1) is 17.5 Å². The Morgan fingerprint density at radius 3 is 1.96 bits per heavy atom. The van der Waals surface area contributed by atoms with Crippen LogP contribution in [-0.2, 0) is 10.3 Å². The molecule has 2 aromatic rings. The van der Waals surface area contributed by atoms with Gasteiger partial charge in [-0.1, -0.05) is 41.9 Å². The van der Waals surface area contributed by atoms with Gasteiger partial charge in [-0.2, -0.15) is 0 Å². The summed E-state index contributed by atoms with van der Waals surface area (Å²) in [5.41, 5.74) is -0.804. The standard InChI is InChI=1S/C17H12BrF3O2.C2H6/c18-11-7-13(20)15(14(21)8-11)23-16(5-6-16)17(9-22-17)10-1-3-12(19)4-2-10;1-2/h1-4,7-8H,5-6,9H2;1-2H3. The zero-order chi connectivity index (χ0) is 18.2. The van der Waals surface area contributed by atoms with E-state index >= 15 is 0 Å². The normalized spacial score (nSPS) is 22.6. The molecule has 1 saturated carbocycles. The molecule has 0 bridgehead atoms. The minimum Gasteiger partial charge on any atom is -0.478 e. The number of ether oxygens (including phenoxy) is 2. The van der Waals surface area contributed by atoms with Crippen molar-refractivity contribution in [2.24, 2.45) is 0 Å². The van der Waals surface area contributed by atoms with Gasteiger partial charge in [-0.3, -0.25) is 0 Å². The lowest BCUT2D eigenvalue weighted by atomic mass is 9.91. The Hall–Kier alpha value is -1.53. The third kappa shape index (κ3) is 3.17. The zero-order valence-corrected chi connectivity index (χ0v) is 15.5. The molecule has 2 aromatic carbocycles. The van der Waals surface area contributed by atoms with Crippen LogP contribution in [0.25, 0.3) is 0 Å². The molecule has 1 unspecified atom stereocenters. The number of rotatable bonds is 4. The highest BCUT2D eigenvalue weighted by atomic mass is 79.9. The molecule has 25 heavy (non-hydrogen) atoms. The summed E-state index contributed by atoms with van der Waals surface area (Å²) in [5, 5.41) is 0. The highest BCUT2D eigenvalue weighted by molar-refractivity contribution is 9.10. The van der Waals surface area contributed by atoms with E-state index in [1.165, 1.54) is 12.1 Å². The van der Waals surface area contributed by atoms with E-state index in [-0.39, 0.29) is 5.82 Å². The average Bonchev–Trinajstić information content (AvgIpc) is 3.48. The molecule has 0 aromatic heterocycles. The first kappa shape index (κ1) is 18.3. The van der Waals surface area contributed by atoms with Crippen LogP contribution in [0.5, 0.6) is 5.75 Å². The predicted octanol–water partition coefficient (Wildman–Crippen LogP) is 5.73. The number of hydrogen-bond donors (Lipinski definition) is 0. The highest BCUT2D eigenvalue weighted by Gasteiger charge is 2.71. The molecule has 1 heterocycles. The lowest BCUT2D eigenvalue weighted by molar-refractivity contribution is 0.0645. The summed E-state index contributed by atoms with van der Waals surface area (Å²) in [7, 11) is 0. The van der Waals surface area contributed by atoms with Gasteiger partial charge in [0.05, 0.1) is 6.61 Å². The third-order valence-corrected chi connectivity index (χ3v) is 4.90. The monoisotopic (exact) mass is 414 g/mol. The molecule has 2 aliphatic rings. The molecular formula is C19H18BrF3O2. The topological polar surface area (TPSA) is 21.8 Å². The van der Waals surface area contributed by atoms with E-state index in [9.17, 15) is 13.2 Å². The summed E-state index contributed by atoms with van der Waals surface area (Å²) in [6.45, 7) is 4.39. The highest BCUT2D eigenvalue weighted by Crippen LogP contribution is 2.61. The molecule has 134 valence electrons. The molecule has 4 rings (SSSR count). The first-order valence-corrected chi connectivity index (χ1v) is 8.99. The van der Waals surface area contributed by atoms with Crippen LogP contribution in [0.4, 0.5) is 13.2 Å². The SMILES string of the molecule is CC.Fc1ccc(C2(C3(Oc4c(F)cc(Br)cc4F)CC3)CO2)cc1. The van der Waals surface area contributed by atoms with E-state index in [1.54, 1.807) is 12.1 Å². The van der Waals surface area contributed by atoms with Crippen LogP contribution >= 0.6 is 15.9 Å². The van der Waals surface area contributed by atoms with Crippen LogP contribution in [0.2, 0.25) is 0 Å². The van der Waals surface area contributed by atoms with E-state index in [0.717, 1.165) is 17.7 Å². The van der Waals surface area contributed by atoms with Gasteiger partial charge in [0, 0.05) is 4.47 Å². The van der Waals surface area contributed by atoms with Crippen molar-refractivity contribution in [1.29, 1.82) is 0 Å². The fourth-order valence-corrected chi connectivity index (χ4v) is 3.41. The first-order valence-electron chi connectivity index (χ1n) is 8.19. The van der Waals surface area contributed by atoms with Crippen LogP contribution in [0.1, 0.15) is 32.3 Å². The van der Waals surface area contributed by atoms with Crippen LogP contribution in [0.3, 0.4) is 0 Å². The van der Waals surface area contributed by atoms with Crippen LogP contribution < -0.4 is 4.74 Å². The summed E-state index contributed by atoms with van der Waals surface area (Å²) < 4.78 is 52.9. The minimum atomic E-state index is -0.805. The molecule has 0 spiro atoms. The van der Waals surface area contributed by atoms with Crippen molar-refractivity contribution in [3.63, 3.8) is 0 Å². The first-order chi connectivity index (χ1) is 12.0. The van der Waals surface area contributed by atoms with Gasteiger partial charge in [-0.25, -0.2) is 13.2 Å². The zero-order valence-electron chi connectivity index (χ0n) is 13.9. The van der Waals surface area contributed by atoms with E-state index in [1.807, 2.05) is 13.8 Å². The maximum absolute atomic E-state index is 14.0. The van der Waals surface area contributed by atoms with E-state index < -0.39 is 28.6 Å². The summed E-state index contributed by atoms with van der Waals surface area (Å²) in [6, 6.07) is 8.25. The van der Waals surface area contributed by atoms with Gasteiger partial charge in [0.2, 0.25) is 0 Å². The lowest BCUT2D eigenvalue weighted by Crippen LogP contribution is -2.36. The summed E-state index contributed by atoms with van der Waals surface area (Å²) in [4.78, 5) is 0. The van der Waals surface area contributed by atoms with Gasteiger partial charge in [0.15, 0.2) is 23.0 Å². The molecular weight excluding hydrogens is 397 g/mol. The lowest BCUT2D eigenvalue weighted by Gasteiger charge is -2.26. The smallest absolute Gasteiger partial charge is 0.191 e. The van der Waals surface area contributed by atoms with Crippen molar-refractivity contribution in [2.75, 3.05) is 6.61 Å². The molecule has 2 nitrogen and oxygen atoms in total. The second-order valence-corrected chi connectivity index (χ2v) is 6.83. The van der Waals surface area contributed by atoms with Crippen molar-refractivity contribution in [1.82, 2.24) is 0 Å². The number of halogens is 4. The Balaban J connectivity index is 0.000000880. The molecule has 1 saturated heterocycles. The van der Waals surface area contributed by atoms with Crippen molar-refractivity contribution in [3.05, 3.63) is 63.9 Å². The Morgan fingerprint density at radius 2 is 1.52 bits per heavy atom. The number of epoxide rings is 1. The molecule has 0 N–H and O–H groups in total. The summed E-state index contributed by atoms with van der Waals surface area (Å²) >= 11 is 3.04. The van der Waals surface area contributed by atoms with E-state index in [2.05, 4.69) is 15.9 Å². The quantitative estimate of drug-likeness (QED) is 0.595. The van der Waals surface area contributed by atoms with Crippen molar-refractivity contribution in [2.45, 2.75) is 37.9 Å². The Labute approximate surface area is 153 Å². The van der Waals surface area contributed by atoms with Gasteiger partial charge in [-0.15, -0.1) is 0 Å². The van der Waals surface area contributed by atoms with Crippen LogP contribution in [0.15, 0.2) is 40.9 Å². The van der Waals surface area contributed by atoms with Crippen molar-refractivity contribution >= 4 is 15.9 Å². The second-order valence-electron chi connectivity index (χ2n) is 5.92. The van der Waals surface area contributed by atoms with Gasteiger partial charge in [0.1, 0.15) is 11.4 Å². The Morgan fingerprint density at radius 1 is 1.00 bits per heavy atom. The molecule has 0 radical (unpaired) electrons. The molecule has 2 fully saturated rings. The van der Waals surface area contributed by atoms with Gasteiger partial charge >= 0.3 is 0 Å². The maximum atomic E-state index is 14.0. The number of hydrogen-bond acceptors (Lipinski definition) is 2. The summed E-state index contributed by atoms with van der Waals surface area (Å²) in [5.74, 6) is -2.28. The van der Waals surface area contributed by atoms with E-state index in [0.29, 0.717) is 23.9 Å². The predicted molar refractivity (Wildman–Crippen MR) is 92.0 cm³/mol. The Kier molecular flexibility index (Phi) is 4.86. The molecule has 1 aliphatic heterocycles. The van der Waals surface area contributed by atoms with Crippen LogP contribution in [-0.4, -0.2) is 12.2 Å². The van der Waals surface area contributed by atoms with E-state index in [4.69, 9.17) is 9.47 Å². The molecule has 0 amide bonds. The van der Waals surface area contributed by atoms with Gasteiger partial charge in [0.25, 0.3) is 0 Å². The Bertz CT molecular complexity index is 746. The van der Waals surface area contributed by atoms with Crippen molar-refractivity contribution < 1.29 is 22.6 Å². The molecule has 1 atom stereocenters. The average molecular weight is 415 g/mol. The molecule has 1 aliphatic carbocycles. The maximum Gasteiger partial charge on any atom is 0.191 e. The summed E-state index contributed by atoms with van der Waals surface area (Å²) in [6.07, 6.45) is 1.25. The van der Waals surface area contributed by atoms with Gasteiger partial charge < -0.3 is 9.47 Å². The fraction of sp³-hybridized carbons (Fsp3) is 0.368. The largest absolute Gasteiger partial charge is 0.478 e.